The van der Waals surface area contributed by atoms with Gasteiger partial charge in [0.2, 0.25) is 0 Å². The second-order valence-corrected chi connectivity index (χ2v) is 2.73. The summed E-state index contributed by atoms with van der Waals surface area (Å²) in [6, 6.07) is 20.8. The van der Waals surface area contributed by atoms with Crippen LogP contribution in [-0.2, 0) is 0 Å². The summed E-state index contributed by atoms with van der Waals surface area (Å²) in [7, 11) is 0. The number of hydrogen-bond acceptors (Lipinski definition) is 0. The summed E-state index contributed by atoms with van der Waals surface area (Å²) in [4.78, 5) is 0. The standard InChI is InChI=1S/C12H10.4ClH.2H2O/c1-3-7-11(8-4-1)12-9-5-2-6-10-12;;;;;;/h1-10H;4*1H;2*1H2. The van der Waals surface area contributed by atoms with Gasteiger partial charge >= 0.3 is 0 Å². The first-order valence-corrected chi connectivity index (χ1v) is 4.07. The lowest BCUT2D eigenvalue weighted by molar-refractivity contribution is 0.823. The Balaban J connectivity index is -0.0000000939. The second kappa shape index (κ2) is 16.5. The van der Waals surface area contributed by atoms with Gasteiger partial charge in [0, 0.05) is 0 Å². The Labute approximate surface area is 132 Å². The fraction of sp³-hybridized carbons (Fsp3) is 0. The van der Waals surface area contributed by atoms with Gasteiger partial charge in [0.15, 0.2) is 0 Å². The van der Waals surface area contributed by atoms with E-state index in [-0.39, 0.29) is 60.6 Å². The van der Waals surface area contributed by atoms with Crippen molar-refractivity contribution in [3.8, 4) is 11.1 Å². The van der Waals surface area contributed by atoms with Crippen molar-refractivity contribution in [1.29, 1.82) is 0 Å². The molecule has 2 rings (SSSR count). The minimum atomic E-state index is 0. The third-order valence-corrected chi connectivity index (χ3v) is 1.88. The van der Waals surface area contributed by atoms with Gasteiger partial charge in [-0.2, -0.15) is 0 Å². The van der Waals surface area contributed by atoms with Gasteiger partial charge in [0.25, 0.3) is 0 Å². The summed E-state index contributed by atoms with van der Waals surface area (Å²) in [5.41, 5.74) is 2.55. The molecule has 2 aromatic carbocycles. The normalized spacial score (nSPS) is 6.44. The lowest BCUT2D eigenvalue weighted by Gasteiger charge is -1.98. The molecule has 0 atom stereocenters. The van der Waals surface area contributed by atoms with Crippen LogP contribution in [0.3, 0.4) is 0 Å². The van der Waals surface area contributed by atoms with Gasteiger partial charge in [0.05, 0.1) is 0 Å². The topological polar surface area (TPSA) is 63.0 Å². The van der Waals surface area contributed by atoms with Crippen molar-refractivity contribution < 1.29 is 11.0 Å². The Hall–Kier alpha value is -0.480. The average molecular weight is 336 g/mol. The van der Waals surface area contributed by atoms with Gasteiger partial charge in [-0.1, -0.05) is 60.7 Å². The maximum absolute atomic E-state index is 2.12. The first kappa shape index (κ1) is 30.5. The van der Waals surface area contributed by atoms with Crippen LogP contribution in [-0.4, -0.2) is 11.0 Å². The van der Waals surface area contributed by atoms with Crippen LogP contribution in [0.4, 0.5) is 0 Å². The summed E-state index contributed by atoms with van der Waals surface area (Å²) >= 11 is 0. The van der Waals surface area contributed by atoms with E-state index in [1.165, 1.54) is 11.1 Å². The molecule has 0 heterocycles. The Bertz CT molecular complexity index is 319. The van der Waals surface area contributed by atoms with E-state index in [0.29, 0.717) is 0 Å². The minimum absolute atomic E-state index is 0. The Morgan fingerprint density at radius 1 is 0.389 bits per heavy atom. The molecule has 0 fully saturated rings. The highest BCUT2D eigenvalue weighted by Crippen LogP contribution is 2.17. The monoisotopic (exact) mass is 334 g/mol. The van der Waals surface area contributed by atoms with E-state index in [4.69, 9.17) is 0 Å². The maximum Gasteiger partial charge on any atom is -0.0184 e. The van der Waals surface area contributed by atoms with E-state index in [9.17, 15) is 0 Å². The van der Waals surface area contributed by atoms with E-state index >= 15 is 0 Å². The summed E-state index contributed by atoms with van der Waals surface area (Å²) < 4.78 is 0. The van der Waals surface area contributed by atoms with Crippen molar-refractivity contribution in [3.05, 3.63) is 60.7 Å². The number of rotatable bonds is 1. The molecule has 0 spiro atoms. The summed E-state index contributed by atoms with van der Waals surface area (Å²) in [6.45, 7) is 0. The SMILES string of the molecule is Cl.Cl.Cl.Cl.O.O.c1ccc(-c2ccccc2)cc1. The van der Waals surface area contributed by atoms with Crippen LogP contribution in [0, 0.1) is 0 Å². The Kier molecular flexibility index (Phi) is 28.0. The van der Waals surface area contributed by atoms with Crippen molar-refractivity contribution in [3.63, 3.8) is 0 Å². The number of hydrogen-bond donors (Lipinski definition) is 0. The van der Waals surface area contributed by atoms with Crippen LogP contribution >= 0.6 is 49.6 Å². The quantitative estimate of drug-likeness (QED) is 0.766. The van der Waals surface area contributed by atoms with E-state index < -0.39 is 0 Å². The lowest BCUT2D eigenvalue weighted by Crippen LogP contribution is -1.73. The first-order valence-electron chi connectivity index (χ1n) is 4.07. The van der Waals surface area contributed by atoms with Crippen LogP contribution < -0.4 is 0 Å². The molecule has 106 valence electrons. The molecule has 0 saturated heterocycles. The second-order valence-electron chi connectivity index (χ2n) is 2.73. The van der Waals surface area contributed by atoms with Gasteiger partial charge in [0.1, 0.15) is 0 Å². The zero-order chi connectivity index (χ0) is 8.23. The summed E-state index contributed by atoms with van der Waals surface area (Å²) in [5, 5.41) is 0. The van der Waals surface area contributed by atoms with Crippen molar-refractivity contribution >= 4 is 49.6 Å². The van der Waals surface area contributed by atoms with Crippen molar-refractivity contribution in [2.45, 2.75) is 0 Å². The third kappa shape index (κ3) is 8.59. The van der Waals surface area contributed by atoms with Gasteiger partial charge in [-0.15, -0.1) is 49.6 Å². The van der Waals surface area contributed by atoms with Crippen molar-refractivity contribution in [2.24, 2.45) is 0 Å². The van der Waals surface area contributed by atoms with Crippen LogP contribution in [0.2, 0.25) is 0 Å². The van der Waals surface area contributed by atoms with Gasteiger partial charge in [-0.3, -0.25) is 0 Å². The molecular weight excluding hydrogens is 318 g/mol. The molecule has 0 aliphatic heterocycles. The predicted molar refractivity (Wildman–Crippen MR) is 88.1 cm³/mol. The molecule has 0 radical (unpaired) electrons. The molecule has 0 bridgehead atoms. The van der Waals surface area contributed by atoms with Crippen molar-refractivity contribution in [1.82, 2.24) is 0 Å². The smallest absolute Gasteiger partial charge is 0.0184 e. The van der Waals surface area contributed by atoms with E-state index in [2.05, 4.69) is 48.5 Å². The fourth-order valence-corrected chi connectivity index (χ4v) is 1.26. The number of benzene rings is 2. The molecule has 0 aliphatic rings. The molecule has 2 aromatic rings. The zero-order valence-corrected chi connectivity index (χ0v) is 12.7. The van der Waals surface area contributed by atoms with E-state index in [1.54, 1.807) is 0 Å². The Morgan fingerprint density at radius 3 is 0.833 bits per heavy atom. The molecule has 2 nitrogen and oxygen atoms in total. The van der Waals surface area contributed by atoms with Crippen LogP contribution in [0.5, 0.6) is 0 Å². The highest BCUT2D eigenvalue weighted by Gasteiger charge is 1.91. The maximum atomic E-state index is 2.12. The third-order valence-electron chi connectivity index (χ3n) is 1.88. The molecule has 18 heavy (non-hydrogen) atoms. The van der Waals surface area contributed by atoms with Gasteiger partial charge in [-0.05, 0) is 11.1 Å². The van der Waals surface area contributed by atoms with Crippen LogP contribution in [0.1, 0.15) is 0 Å². The molecule has 4 N–H and O–H groups in total. The average Bonchev–Trinajstić information content (AvgIpc) is 2.21. The molecule has 6 heteroatoms. The highest BCUT2D eigenvalue weighted by atomic mass is 35.5. The lowest BCUT2D eigenvalue weighted by atomic mass is 10.1. The summed E-state index contributed by atoms with van der Waals surface area (Å²) in [6.07, 6.45) is 0. The van der Waals surface area contributed by atoms with Crippen LogP contribution in [0.25, 0.3) is 11.1 Å². The van der Waals surface area contributed by atoms with Gasteiger partial charge < -0.3 is 11.0 Å². The molecule has 0 unspecified atom stereocenters. The molecule has 0 saturated carbocycles. The zero-order valence-electron chi connectivity index (χ0n) is 9.41. The largest absolute Gasteiger partial charge is 0.412 e. The van der Waals surface area contributed by atoms with Crippen LogP contribution in [0.15, 0.2) is 60.7 Å². The molecular formula is C12H18Cl4O2. The molecule has 0 aliphatic carbocycles. The molecule has 0 amide bonds. The van der Waals surface area contributed by atoms with E-state index in [1.807, 2.05) is 12.1 Å². The minimum Gasteiger partial charge on any atom is -0.412 e. The first-order chi connectivity index (χ1) is 5.97. The van der Waals surface area contributed by atoms with Crippen molar-refractivity contribution in [2.75, 3.05) is 0 Å². The molecule has 0 aromatic heterocycles. The predicted octanol–water partition coefficient (Wildman–Crippen LogP) is 3.39. The summed E-state index contributed by atoms with van der Waals surface area (Å²) in [5.74, 6) is 0. The Morgan fingerprint density at radius 2 is 0.611 bits per heavy atom. The fourth-order valence-electron chi connectivity index (χ4n) is 1.26. The van der Waals surface area contributed by atoms with Gasteiger partial charge in [-0.25, -0.2) is 0 Å². The number of halogens is 4. The highest BCUT2D eigenvalue weighted by molar-refractivity contribution is 5.86. The van der Waals surface area contributed by atoms with E-state index in [0.717, 1.165) is 0 Å².